The van der Waals surface area contributed by atoms with Gasteiger partial charge in [-0.2, -0.15) is 15.1 Å². The van der Waals surface area contributed by atoms with Gasteiger partial charge in [-0.05, 0) is 17.7 Å². The van der Waals surface area contributed by atoms with E-state index in [0.717, 1.165) is 5.56 Å². The Morgan fingerprint density at radius 2 is 1.76 bits per heavy atom. The van der Waals surface area contributed by atoms with Crippen molar-refractivity contribution in [2.75, 3.05) is 16.8 Å². The van der Waals surface area contributed by atoms with Crippen LogP contribution in [0.2, 0.25) is 10.0 Å². The average molecular weight is 494 g/mol. The number of benzene rings is 2. The van der Waals surface area contributed by atoms with Crippen molar-refractivity contribution >= 4 is 51.7 Å². The Hall–Kier alpha value is -4.15. The van der Waals surface area contributed by atoms with Crippen LogP contribution < -0.4 is 22.3 Å². The Morgan fingerprint density at radius 3 is 2.50 bits per heavy atom. The van der Waals surface area contributed by atoms with Crippen LogP contribution >= 0.6 is 23.2 Å². The lowest BCUT2D eigenvalue weighted by atomic mass is 10.1. The normalized spacial score (nSPS) is 12.1. The van der Waals surface area contributed by atoms with Gasteiger partial charge in [0.25, 0.3) is 5.56 Å². The van der Waals surface area contributed by atoms with Crippen molar-refractivity contribution in [1.82, 2.24) is 29.7 Å². The van der Waals surface area contributed by atoms with Crippen LogP contribution in [0.3, 0.4) is 0 Å². The van der Waals surface area contributed by atoms with Crippen LogP contribution in [0.4, 0.5) is 17.6 Å². The van der Waals surface area contributed by atoms with Gasteiger partial charge in [0.1, 0.15) is 28.5 Å². The number of aromatic amines is 1. The Morgan fingerprint density at radius 1 is 0.971 bits per heavy atom. The molecule has 34 heavy (non-hydrogen) atoms. The minimum absolute atomic E-state index is 0.0210. The minimum Gasteiger partial charge on any atom is -0.382 e. The smallest absolute Gasteiger partial charge is 0.268 e. The molecule has 0 spiro atoms. The maximum atomic E-state index is 13.7. The number of rotatable bonds is 5. The molecule has 0 radical (unpaired) electrons. The highest BCUT2D eigenvalue weighted by atomic mass is 35.5. The van der Waals surface area contributed by atoms with E-state index in [2.05, 4.69) is 25.5 Å². The van der Waals surface area contributed by atoms with E-state index in [1.165, 1.54) is 10.8 Å². The fourth-order valence-corrected chi connectivity index (χ4v) is 4.05. The third kappa shape index (κ3) is 3.78. The Labute approximate surface area is 202 Å². The highest BCUT2D eigenvalue weighted by Crippen LogP contribution is 2.32. The first-order valence-corrected chi connectivity index (χ1v) is 10.8. The number of aromatic nitrogens is 6. The monoisotopic (exact) mass is 493 g/mol. The van der Waals surface area contributed by atoms with Gasteiger partial charge in [-0.1, -0.05) is 59.6 Å². The largest absolute Gasteiger partial charge is 0.382 e. The number of halogens is 2. The predicted molar refractivity (Wildman–Crippen MR) is 132 cm³/mol. The SMILES string of the molecule is Nc1nc(N)c(Cl)c(NC(c2ccccc2)c2nc3cccc(Cl)c3c(=O)n2-c2ccn[nH]2)n1. The molecule has 3 heterocycles. The van der Waals surface area contributed by atoms with Crippen molar-refractivity contribution in [2.45, 2.75) is 6.04 Å². The number of hydrogen-bond donors (Lipinski definition) is 4. The number of fused-ring (bicyclic) bond motifs is 1. The topological polar surface area (TPSA) is 153 Å². The molecule has 10 nitrogen and oxygen atoms in total. The van der Waals surface area contributed by atoms with E-state index in [1.807, 2.05) is 30.3 Å². The van der Waals surface area contributed by atoms with Crippen molar-refractivity contribution in [1.29, 1.82) is 0 Å². The summed E-state index contributed by atoms with van der Waals surface area (Å²) in [7, 11) is 0. The molecule has 0 saturated carbocycles. The summed E-state index contributed by atoms with van der Waals surface area (Å²) < 4.78 is 1.41. The van der Waals surface area contributed by atoms with E-state index >= 15 is 0 Å². The average Bonchev–Trinajstić information content (AvgIpc) is 3.35. The molecule has 0 fully saturated rings. The highest BCUT2D eigenvalue weighted by molar-refractivity contribution is 6.35. The van der Waals surface area contributed by atoms with Gasteiger partial charge in [-0.25, -0.2) is 9.55 Å². The molecule has 2 aromatic carbocycles. The maximum absolute atomic E-state index is 13.7. The van der Waals surface area contributed by atoms with Crippen molar-refractivity contribution in [3.8, 4) is 5.82 Å². The van der Waals surface area contributed by atoms with Crippen LogP contribution in [-0.4, -0.2) is 29.7 Å². The first kappa shape index (κ1) is 21.7. The molecule has 0 aliphatic heterocycles. The molecule has 0 aliphatic rings. The van der Waals surface area contributed by atoms with Crippen molar-refractivity contribution in [2.24, 2.45) is 0 Å². The molecule has 1 unspecified atom stereocenters. The van der Waals surface area contributed by atoms with E-state index in [-0.39, 0.29) is 33.6 Å². The maximum Gasteiger partial charge on any atom is 0.268 e. The van der Waals surface area contributed by atoms with Gasteiger partial charge >= 0.3 is 0 Å². The van der Waals surface area contributed by atoms with E-state index < -0.39 is 6.04 Å². The van der Waals surface area contributed by atoms with Crippen LogP contribution in [0.15, 0.2) is 65.6 Å². The lowest BCUT2D eigenvalue weighted by Gasteiger charge is -2.23. The standard InChI is InChI=1S/C22H17Cl2N9O/c23-12-7-4-8-13-15(12)21(34)33(14-9-10-27-32-14)20(28-13)17(11-5-2-1-3-6-11)29-19-16(24)18(25)30-22(26)31-19/h1-10,17H,(H,27,32)(H5,25,26,29,30,31). The number of hydrogen-bond acceptors (Lipinski definition) is 8. The Kier molecular flexibility index (Phi) is 5.52. The van der Waals surface area contributed by atoms with Gasteiger partial charge in [-0.3, -0.25) is 9.89 Å². The van der Waals surface area contributed by atoms with Crippen LogP contribution in [-0.2, 0) is 0 Å². The fourth-order valence-electron chi connectivity index (χ4n) is 3.66. The molecular formula is C22H17Cl2N9O. The van der Waals surface area contributed by atoms with Crippen LogP contribution in [0, 0.1) is 0 Å². The molecule has 170 valence electrons. The van der Waals surface area contributed by atoms with Gasteiger partial charge in [-0.15, -0.1) is 0 Å². The van der Waals surface area contributed by atoms with Gasteiger partial charge in [0, 0.05) is 6.07 Å². The van der Waals surface area contributed by atoms with Crippen LogP contribution in [0.1, 0.15) is 17.4 Å². The molecule has 0 saturated heterocycles. The lowest BCUT2D eigenvalue weighted by molar-refractivity contribution is 0.746. The summed E-state index contributed by atoms with van der Waals surface area (Å²) >= 11 is 12.8. The molecule has 0 amide bonds. The van der Waals surface area contributed by atoms with Gasteiger partial charge < -0.3 is 16.8 Å². The third-order valence-corrected chi connectivity index (χ3v) is 5.85. The summed E-state index contributed by atoms with van der Waals surface area (Å²) in [4.78, 5) is 26.6. The minimum atomic E-state index is -0.702. The van der Waals surface area contributed by atoms with E-state index in [0.29, 0.717) is 22.2 Å². The van der Waals surface area contributed by atoms with Gasteiger partial charge in [0.15, 0.2) is 5.82 Å². The van der Waals surface area contributed by atoms with Gasteiger partial charge in [0.05, 0.1) is 22.1 Å². The second kappa shape index (κ2) is 8.65. The van der Waals surface area contributed by atoms with Gasteiger partial charge in [0.2, 0.25) is 5.95 Å². The number of H-pyrrole nitrogens is 1. The second-order valence-corrected chi connectivity index (χ2v) is 8.09. The lowest BCUT2D eigenvalue weighted by Crippen LogP contribution is -2.29. The molecule has 0 bridgehead atoms. The summed E-state index contributed by atoms with van der Waals surface area (Å²) in [5.74, 6) is 0.900. The molecule has 6 N–H and O–H groups in total. The second-order valence-electron chi connectivity index (χ2n) is 7.30. The molecule has 5 rings (SSSR count). The Balaban J connectivity index is 1.82. The predicted octanol–water partition coefficient (Wildman–Crippen LogP) is 3.57. The van der Waals surface area contributed by atoms with Crippen LogP contribution in [0.5, 0.6) is 0 Å². The quantitative estimate of drug-likeness (QED) is 0.289. The van der Waals surface area contributed by atoms with Crippen molar-refractivity contribution in [3.05, 3.63) is 92.6 Å². The number of nitrogens with two attached hydrogens (primary N) is 2. The summed E-state index contributed by atoms with van der Waals surface area (Å²) in [5.41, 5.74) is 12.5. The fraction of sp³-hybridized carbons (Fsp3) is 0.0455. The molecule has 12 heteroatoms. The number of nitrogens with zero attached hydrogens (tertiary/aromatic N) is 5. The molecule has 3 aromatic heterocycles. The summed E-state index contributed by atoms with van der Waals surface area (Å²) in [6, 6.07) is 15.4. The first-order valence-electron chi connectivity index (χ1n) is 10.0. The van der Waals surface area contributed by atoms with Crippen LogP contribution in [0.25, 0.3) is 16.7 Å². The summed E-state index contributed by atoms with van der Waals surface area (Å²) in [6.45, 7) is 0. The summed E-state index contributed by atoms with van der Waals surface area (Å²) in [5, 5.41) is 10.7. The van der Waals surface area contributed by atoms with E-state index in [1.54, 1.807) is 24.3 Å². The molecular weight excluding hydrogens is 477 g/mol. The number of nitrogens with one attached hydrogen (secondary N) is 2. The number of nitrogen functional groups attached to an aromatic ring is 2. The highest BCUT2D eigenvalue weighted by Gasteiger charge is 2.26. The summed E-state index contributed by atoms with van der Waals surface area (Å²) in [6.07, 6.45) is 1.54. The Bertz CT molecular complexity index is 1550. The van der Waals surface area contributed by atoms with E-state index in [4.69, 9.17) is 39.7 Å². The zero-order valence-corrected chi connectivity index (χ0v) is 18.9. The molecule has 1 atom stereocenters. The van der Waals surface area contributed by atoms with E-state index in [9.17, 15) is 4.79 Å². The zero-order chi connectivity index (χ0) is 23.8. The third-order valence-electron chi connectivity index (χ3n) is 5.17. The van der Waals surface area contributed by atoms with Crippen molar-refractivity contribution in [3.63, 3.8) is 0 Å². The molecule has 5 aromatic rings. The molecule has 0 aliphatic carbocycles. The van der Waals surface area contributed by atoms with Crippen molar-refractivity contribution < 1.29 is 0 Å². The number of anilines is 3. The zero-order valence-electron chi connectivity index (χ0n) is 17.4. The first-order chi connectivity index (χ1) is 16.4.